The maximum absolute atomic E-state index is 13.3. The van der Waals surface area contributed by atoms with Crippen LogP contribution in [0.4, 0.5) is 5.69 Å². The average molecular weight is 476 g/mol. The van der Waals surface area contributed by atoms with E-state index in [-0.39, 0.29) is 11.5 Å². The van der Waals surface area contributed by atoms with E-state index < -0.39 is 5.91 Å². The number of carbonyl (C=O) groups is 2. The molecular weight excluding hydrogens is 458 g/mol. The Labute approximate surface area is 198 Å². The van der Waals surface area contributed by atoms with E-state index in [4.69, 9.17) is 20.8 Å². The zero-order valence-corrected chi connectivity index (χ0v) is 19.3. The molecule has 0 aliphatic carbocycles. The van der Waals surface area contributed by atoms with Gasteiger partial charge in [-0.15, -0.1) is 11.3 Å². The Balaban J connectivity index is 1.57. The molecule has 5 rings (SSSR count). The quantitative estimate of drug-likeness (QED) is 0.275. The Morgan fingerprint density at radius 1 is 1.00 bits per heavy atom. The molecule has 0 bridgehead atoms. The van der Waals surface area contributed by atoms with Crippen molar-refractivity contribution in [3.05, 3.63) is 93.5 Å². The van der Waals surface area contributed by atoms with E-state index in [2.05, 4.69) is 5.32 Å². The number of halogens is 1. The molecule has 0 atom stereocenters. The van der Waals surface area contributed by atoms with Crippen LogP contribution in [-0.4, -0.2) is 18.8 Å². The molecule has 5 aromatic rings. The molecule has 0 spiro atoms. The van der Waals surface area contributed by atoms with Gasteiger partial charge in [-0.3, -0.25) is 9.59 Å². The molecule has 7 heteroatoms. The molecule has 0 aliphatic rings. The monoisotopic (exact) mass is 475 g/mol. The minimum absolute atomic E-state index is 0.0581. The molecule has 0 saturated carbocycles. The third kappa shape index (κ3) is 3.77. The Hall–Kier alpha value is -3.61. The van der Waals surface area contributed by atoms with Gasteiger partial charge in [-0.05, 0) is 55.0 Å². The van der Waals surface area contributed by atoms with Gasteiger partial charge in [0.15, 0.2) is 5.76 Å². The summed E-state index contributed by atoms with van der Waals surface area (Å²) in [5, 5.41) is 4.74. The molecule has 5 nitrogen and oxygen atoms in total. The number of hydrogen-bond donors (Lipinski definition) is 1. The van der Waals surface area contributed by atoms with Gasteiger partial charge in [0.05, 0.1) is 17.8 Å². The number of furan rings is 1. The summed E-state index contributed by atoms with van der Waals surface area (Å²) in [4.78, 5) is 26.9. The molecule has 0 saturated heterocycles. The Bertz CT molecular complexity index is 1530. The van der Waals surface area contributed by atoms with Crippen LogP contribution in [0.25, 0.3) is 21.1 Å². The highest BCUT2D eigenvalue weighted by Crippen LogP contribution is 2.38. The van der Waals surface area contributed by atoms with Crippen LogP contribution >= 0.6 is 22.9 Å². The van der Waals surface area contributed by atoms with Crippen molar-refractivity contribution in [1.29, 1.82) is 0 Å². The van der Waals surface area contributed by atoms with Gasteiger partial charge in [-0.25, -0.2) is 0 Å². The van der Waals surface area contributed by atoms with Gasteiger partial charge >= 0.3 is 0 Å². The van der Waals surface area contributed by atoms with Crippen molar-refractivity contribution in [2.45, 2.75) is 6.92 Å². The molecule has 164 valence electrons. The van der Waals surface area contributed by atoms with Crippen molar-refractivity contribution in [3.63, 3.8) is 0 Å². The van der Waals surface area contributed by atoms with Crippen molar-refractivity contribution < 1.29 is 18.7 Å². The number of nitrogens with one attached hydrogen (secondary N) is 1. The second kappa shape index (κ2) is 8.39. The van der Waals surface area contributed by atoms with Crippen molar-refractivity contribution in [2.24, 2.45) is 0 Å². The predicted octanol–water partition coefficient (Wildman–Crippen LogP) is 7.10. The average Bonchev–Trinajstić information content (AvgIpc) is 3.36. The van der Waals surface area contributed by atoms with Crippen LogP contribution in [0.15, 0.2) is 71.1 Å². The fraction of sp³-hybridized carbons (Fsp3) is 0.0769. The first kappa shape index (κ1) is 21.2. The molecule has 1 amide bonds. The highest BCUT2D eigenvalue weighted by molar-refractivity contribution is 7.21. The number of amides is 1. The van der Waals surface area contributed by atoms with Crippen LogP contribution in [-0.2, 0) is 0 Å². The molecule has 0 fully saturated rings. The molecule has 2 aromatic heterocycles. The minimum atomic E-state index is -0.394. The van der Waals surface area contributed by atoms with Gasteiger partial charge in [0.2, 0.25) is 5.78 Å². The summed E-state index contributed by atoms with van der Waals surface area (Å²) in [7, 11) is 1.56. The molecule has 33 heavy (non-hydrogen) atoms. The van der Waals surface area contributed by atoms with Crippen molar-refractivity contribution in [2.75, 3.05) is 12.4 Å². The van der Waals surface area contributed by atoms with E-state index >= 15 is 0 Å². The highest BCUT2D eigenvalue weighted by Gasteiger charge is 2.25. The summed E-state index contributed by atoms with van der Waals surface area (Å²) in [5.74, 6) is -0.0430. The van der Waals surface area contributed by atoms with Crippen LogP contribution in [0.5, 0.6) is 5.75 Å². The first-order chi connectivity index (χ1) is 16.0. The fourth-order valence-corrected chi connectivity index (χ4v) is 5.20. The molecule has 3 aromatic carbocycles. The molecule has 0 unspecified atom stereocenters. The number of rotatable bonds is 5. The number of fused-ring (bicyclic) bond motifs is 2. The van der Waals surface area contributed by atoms with Crippen LogP contribution in [0.1, 0.15) is 31.4 Å². The molecule has 0 aliphatic heterocycles. The van der Waals surface area contributed by atoms with Gasteiger partial charge in [0.1, 0.15) is 16.2 Å². The lowest BCUT2D eigenvalue weighted by Gasteiger charge is -2.06. The number of methoxy groups -OCH3 is 1. The van der Waals surface area contributed by atoms with Crippen LogP contribution < -0.4 is 10.1 Å². The van der Waals surface area contributed by atoms with Gasteiger partial charge in [0, 0.05) is 21.0 Å². The van der Waals surface area contributed by atoms with Crippen LogP contribution in [0, 0.1) is 6.92 Å². The molecule has 2 heterocycles. The Morgan fingerprint density at radius 3 is 2.52 bits per heavy atom. The van der Waals surface area contributed by atoms with Crippen LogP contribution in [0.2, 0.25) is 5.02 Å². The number of ketones is 1. The van der Waals surface area contributed by atoms with Gasteiger partial charge in [-0.1, -0.05) is 35.9 Å². The smallest absolute Gasteiger partial charge is 0.267 e. The number of carbonyl (C=O) groups excluding carboxylic acids is 2. The Morgan fingerprint density at radius 2 is 1.76 bits per heavy atom. The van der Waals surface area contributed by atoms with E-state index in [1.807, 2.05) is 37.3 Å². The number of thiophene rings is 1. The zero-order valence-electron chi connectivity index (χ0n) is 17.8. The summed E-state index contributed by atoms with van der Waals surface area (Å²) in [6.45, 7) is 1.99. The van der Waals surface area contributed by atoms with Gasteiger partial charge < -0.3 is 14.5 Å². The largest absolute Gasteiger partial charge is 0.497 e. The third-order valence-corrected chi connectivity index (χ3v) is 7.04. The lowest BCUT2D eigenvalue weighted by molar-refractivity contribution is 0.101. The van der Waals surface area contributed by atoms with E-state index in [9.17, 15) is 9.59 Å². The van der Waals surface area contributed by atoms with E-state index in [1.54, 1.807) is 43.5 Å². The number of ether oxygens (including phenoxy) is 1. The number of para-hydroxylation sites is 1. The summed E-state index contributed by atoms with van der Waals surface area (Å²) in [6, 6.07) is 19.8. The van der Waals surface area contributed by atoms with Crippen LogP contribution in [0.3, 0.4) is 0 Å². The third-order valence-electron chi connectivity index (χ3n) is 5.38. The number of benzene rings is 3. The topological polar surface area (TPSA) is 68.5 Å². The first-order valence-electron chi connectivity index (χ1n) is 10.2. The lowest BCUT2D eigenvalue weighted by Crippen LogP contribution is -2.13. The van der Waals surface area contributed by atoms with E-state index in [1.165, 1.54) is 11.3 Å². The fourth-order valence-electron chi connectivity index (χ4n) is 3.69. The van der Waals surface area contributed by atoms with Crippen molar-refractivity contribution in [1.82, 2.24) is 0 Å². The number of aryl methyl sites for hydroxylation is 1. The summed E-state index contributed by atoms with van der Waals surface area (Å²) >= 11 is 7.85. The van der Waals surface area contributed by atoms with Gasteiger partial charge in [0.25, 0.3) is 5.91 Å². The zero-order chi connectivity index (χ0) is 23.1. The normalized spacial score (nSPS) is 11.1. The second-order valence-electron chi connectivity index (χ2n) is 7.56. The molecule has 1 N–H and O–H groups in total. The highest BCUT2D eigenvalue weighted by atomic mass is 35.5. The molecule has 0 radical (unpaired) electrons. The summed E-state index contributed by atoms with van der Waals surface area (Å²) < 4.78 is 12.0. The predicted molar refractivity (Wildman–Crippen MR) is 132 cm³/mol. The maximum Gasteiger partial charge on any atom is 0.267 e. The lowest BCUT2D eigenvalue weighted by atomic mass is 10.1. The second-order valence-corrected chi connectivity index (χ2v) is 8.99. The van der Waals surface area contributed by atoms with E-state index in [0.717, 1.165) is 15.6 Å². The van der Waals surface area contributed by atoms with Crippen molar-refractivity contribution >= 4 is 61.4 Å². The summed E-state index contributed by atoms with van der Waals surface area (Å²) in [6.07, 6.45) is 0. The Kier molecular flexibility index (Phi) is 5.40. The summed E-state index contributed by atoms with van der Waals surface area (Å²) in [5.41, 5.74) is 2.32. The SMILES string of the molecule is COc1ccc(C(=O)c2oc3ccccc3c2NC(=O)c2sc3cc(C)ccc3c2Cl)cc1. The maximum atomic E-state index is 13.3. The van der Waals surface area contributed by atoms with Crippen molar-refractivity contribution in [3.8, 4) is 5.75 Å². The number of hydrogen-bond acceptors (Lipinski definition) is 5. The number of anilines is 1. The standard InChI is InChI=1S/C26H18ClNO4S/c1-14-7-12-18-20(13-14)33-25(21(18)27)26(30)28-22-17-5-3-4-6-19(17)32-24(22)23(29)15-8-10-16(31-2)11-9-15/h3-13H,1-2H3,(H,28,30). The first-order valence-corrected chi connectivity index (χ1v) is 11.4. The van der Waals surface area contributed by atoms with E-state index in [0.29, 0.717) is 37.9 Å². The minimum Gasteiger partial charge on any atom is -0.497 e. The van der Waals surface area contributed by atoms with Gasteiger partial charge in [-0.2, -0.15) is 0 Å². The molecular formula is C26H18ClNO4S.